The molecule has 1 aromatic heterocycles. The van der Waals surface area contributed by atoms with Crippen LogP contribution in [0.25, 0.3) is 0 Å². The molecule has 20 heavy (non-hydrogen) atoms. The Morgan fingerprint density at radius 3 is 2.70 bits per heavy atom. The van der Waals surface area contributed by atoms with Crippen molar-refractivity contribution in [1.29, 1.82) is 0 Å². The van der Waals surface area contributed by atoms with Crippen molar-refractivity contribution < 1.29 is 0 Å². The van der Waals surface area contributed by atoms with E-state index in [2.05, 4.69) is 65.3 Å². The van der Waals surface area contributed by atoms with E-state index in [9.17, 15) is 0 Å². The van der Waals surface area contributed by atoms with E-state index < -0.39 is 0 Å². The van der Waals surface area contributed by atoms with Crippen molar-refractivity contribution in [2.75, 3.05) is 12.8 Å². The van der Waals surface area contributed by atoms with Gasteiger partial charge in [-0.15, -0.1) is 11.8 Å². The Bertz CT molecular complexity index is 522. The largest absolute Gasteiger partial charge is 0.316 e. The summed E-state index contributed by atoms with van der Waals surface area (Å²) in [7, 11) is 2.04. The van der Waals surface area contributed by atoms with Gasteiger partial charge in [0.2, 0.25) is 0 Å². The van der Waals surface area contributed by atoms with Crippen LogP contribution >= 0.6 is 11.8 Å². The molecule has 1 unspecified atom stereocenters. The van der Waals surface area contributed by atoms with E-state index in [4.69, 9.17) is 0 Å². The molecule has 0 aliphatic carbocycles. The zero-order valence-corrected chi connectivity index (χ0v) is 13.3. The zero-order chi connectivity index (χ0) is 14.4. The fraction of sp³-hybridized carbons (Fsp3) is 0.438. The third kappa shape index (κ3) is 4.12. The maximum atomic E-state index is 4.52. The molecule has 0 spiro atoms. The minimum atomic E-state index is 0.460. The van der Waals surface area contributed by atoms with Gasteiger partial charge in [0.25, 0.3) is 0 Å². The number of rotatable bonds is 7. The smallest absolute Gasteiger partial charge is 0.0596 e. The molecule has 1 aromatic carbocycles. The van der Waals surface area contributed by atoms with Crippen molar-refractivity contribution in [2.24, 2.45) is 0 Å². The number of benzene rings is 1. The summed E-state index contributed by atoms with van der Waals surface area (Å²) in [5.41, 5.74) is 2.42. The number of aromatic nitrogens is 2. The molecule has 0 bridgehead atoms. The highest BCUT2D eigenvalue weighted by Gasteiger charge is 2.12. The van der Waals surface area contributed by atoms with Gasteiger partial charge in [-0.25, -0.2) is 0 Å². The molecular formula is C16H23N3S. The number of nitrogens with zero attached hydrogens (tertiary/aromatic N) is 2. The molecular weight excluding hydrogens is 266 g/mol. The molecule has 0 aliphatic rings. The fourth-order valence-corrected chi connectivity index (χ4v) is 3.28. The molecule has 0 radical (unpaired) electrons. The second kappa shape index (κ2) is 7.50. The lowest BCUT2D eigenvalue weighted by Gasteiger charge is -2.16. The second-order valence-electron chi connectivity index (χ2n) is 4.91. The van der Waals surface area contributed by atoms with Crippen molar-refractivity contribution in [3.8, 4) is 0 Å². The first kappa shape index (κ1) is 15.1. The highest BCUT2D eigenvalue weighted by molar-refractivity contribution is 7.99. The predicted molar refractivity (Wildman–Crippen MR) is 86.4 cm³/mol. The quantitative estimate of drug-likeness (QED) is 0.794. The predicted octanol–water partition coefficient (Wildman–Crippen LogP) is 3.13. The van der Waals surface area contributed by atoms with Gasteiger partial charge in [0, 0.05) is 35.3 Å². The summed E-state index contributed by atoms with van der Waals surface area (Å²) in [5, 5.41) is 7.94. The number of hydrogen-bond acceptors (Lipinski definition) is 3. The highest BCUT2D eigenvalue weighted by Crippen LogP contribution is 2.19. The molecule has 4 heteroatoms. The Hall–Kier alpha value is -1.26. The maximum absolute atomic E-state index is 4.52. The Labute approximate surface area is 125 Å². The number of nitrogens with one attached hydrogen (secondary N) is 1. The van der Waals surface area contributed by atoms with Crippen LogP contribution in [0.15, 0.2) is 41.3 Å². The molecule has 0 fully saturated rings. The normalized spacial score (nSPS) is 12.6. The monoisotopic (exact) mass is 289 g/mol. The molecule has 3 nitrogen and oxygen atoms in total. The average Bonchev–Trinajstić information content (AvgIpc) is 2.84. The van der Waals surface area contributed by atoms with Gasteiger partial charge >= 0.3 is 0 Å². The van der Waals surface area contributed by atoms with E-state index in [1.54, 1.807) is 0 Å². The van der Waals surface area contributed by atoms with E-state index in [0.717, 1.165) is 24.4 Å². The second-order valence-corrected chi connectivity index (χ2v) is 6.00. The van der Waals surface area contributed by atoms with Gasteiger partial charge in [-0.1, -0.05) is 18.2 Å². The van der Waals surface area contributed by atoms with Crippen LogP contribution in [0.5, 0.6) is 0 Å². The zero-order valence-electron chi connectivity index (χ0n) is 12.5. The first-order chi connectivity index (χ1) is 9.72. The van der Waals surface area contributed by atoms with Crippen LogP contribution in [-0.2, 0) is 13.0 Å². The lowest BCUT2D eigenvalue weighted by Crippen LogP contribution is -2.31. The Morgan fingerprint density at radius 1 is 1.30 bits per heavy atom. The number of hydrogen-bond donors (Lipinski definition) is 1. The summed E-state index contributed by atoms with van der Waals surface area (Å²) in [4.78, 5) is 1.33. The number of likely N-dealkylation sites (N-methyl/N-ethyl adjacent to an activating group) is 1. The molecule has 2 rings (SSSR count). The van der Waals surface area contributed by atoms with E-state index in [-0.39, 0.29) is 0 Å². The van der Waals surface area contributed by atoms with Gasteiger partial charge in [0.1, 0.15) is 0 Å². The Balaban J connectivity index is 1.95. The molecule has 2 aromatic rings. The number of aryl methyl sites for hydroxylation is 2. The van der Waals surface area contributed by atoms with E-state index >= 15 is 0 Å². The van der Waals surface area contributed by atoms with Gasteiger partial charge < -0.3 is 5.32 Å². The first-order valence-corrected chi connectivity index (χ1v) is 8.10. The van der Waals surface area contributed by atoms with Crippen LogP contribution in [0.4, 0.5) is 0 Å². The van der Waals surface area contributed by atoms with Gasteiger partial charge in [0.15, 0.2) is 0 Å². The molecule has 1 N–H and O–H groups in total. The van der Waals surface area contributed by atoms with E-state index in [1.807, 2.05) is 18.8 Å². The van der Waals surface area contributed by atoms with Gasteiger partial charge in [0.05, 0.1) is 5.69 Å². The Morgan fingerprint density at radius 2 is 2.05 bits per heavy atom. The van der Waals surface area contributed by atoms with Crippen molar-refractivity contribution in [3.63, 3.8) is 0 Å². The van der Waals surface area contributed by atoms with Gasteiger partial charge in [-0.05, 0) is 39.1 Å². The molecule has 0 aliphatic heterocycles. The van der Waals surface area contributed by atoms with E-state index in [0.29, 0.717) is 6.04 Å². The van der Waals surface area contributed by atoms with Crippen molar-refractivity contribution in [1.82, 2.24) is 15.1 Å². The summed E-state index contributed by atoms with van der Waals surface area (Å²) in [6.45, 7) is 5.14. The summed E-state index contributed by atoms with van der Waals surface area (Å²) in [6.07, 6.45) is 1.02. The van der Waals surface area contributed by atoms with Crippen LogP contribution in [0.2, 0.25) is 0 Å². The molecule has 1 atom stereocenters. The fourth-order valence-electron chi connectivity index (χ4n) is 2.25. The third-order valence-electron chi connectivity index (χ3n) is 3.34. The van der Waals surface area contributed by atoms with Gasteiger partial charge in [-0.2, -0.15) is 5.10 Å². The van der Waals surface area contributed by atoms with Crippen molar-refractivity contribution >= 4 is 11.8 Å². The number of thioether (sulfide) groups is 1. The minimum absolute atomic E-state index is 0.460. The third-order valence-corrected chi connectivity index (χ3v) is 4.52. The molecule has 0 saturated carbocycles. The SMILES string of the molecule is CCn1nc(C)cc1CC(CSc1ccccc1)NC. The Kier molecular flexibility index (Phi) is 5.68. The van der Waals surface area contributed by atoms with Gasteiger partial charge in [-0.3, -0.25) is 4.68 Å². The summed E-state index contributed by atoms with van der Waals surface area (Å²) in [6, 6.07) is 13.2. The lowest BCUT2D eigenvalue weighted by molar-refractivity contribution is 0.556. The van der Waals surface area contributed by atoms with Crippen LogP contribution in [0, 0.1) is 6.92 Å². The molecule has 108 valence electrons. The topological polar surface area (TPSA) is 29.9 Å². The van der Waals surface area contributed by atoms with E-state index in [1.165, 1.54) is 10.6 Å². The maximum Gasteiger partial charge on any atom is 0.0596 e. The first-order valence-electron chi connectivity index (χ1n) is 7.11. The van der Waals surface area contributed by atoms with Crippen molar-refractivity contribution in [3.05, 3.63) is 47.8 Å². The minimum Gasteiger partial charge on any atom is -0.316 e. The summed E-state index contributed by atoms with van der Waals surface area (Å²) < 4.78 is 2.10. The lowest BCUT2D eigenvalue weighted by atomic mass is 10.2. The summed E-state index contributed by atoms with van der Waals surface area (Å²) in [5.74, 6) is 1.06. The van der Waals surface area contributed by atoms with Crippen LogP contribution in [0.1, 0.15) is 18.3 Å². The average molecular weight is 289 g/mol. The van der Waals surface area contributed by atoms with Crippen molar-refractivity contribution in [2.45, 2.75) is 37.8 Å². The van der Waals surface area contributed by atoms with Crippen LogP contribution < -0.4 is 5.32 Å². The molecule has 1 heterocycles. The van der Waals surface area contributed by atoms with Crippen LogP contribution in [0.3, 0.4) is 0 Å². The standard InChI is InChI=1S/C16H23N3S/c1-4-19-15(10-13(2)18-19)11-14(17-3)12-20-16-8-6-5-7-9-16/h5-10,14,17H,4,11-12H2,1-3H3. The molecule has 0 saturated heterocycles. The molecule has 0 amide bonds. The van der Waals surface area contributed by atoms with Crippen LogP contribution in [-0.4, -0.2) is 28.6 Å². The summed E-state index contributed by atoms with van der Waals surface area (Å²) >= 11 is 1.90. The highest BCUT2D eigenvalue weighted by atomic mass is 32.2.